The Hall–Kier alpha value is -2.66. The van der Waals surface area contributed by atoms with E-state index in [1.807, 2.05) is 60.8 Å². The summed E-state index contributed by atoms with van der Waals surface area (Å²) in [6.07, 6.45) is 0. The van der Waals surface area contributed by atoms with Crippen molar-refractivity contribution in [3.63, 3.8) is 0 Å². The summed E-state index contributed by atoms with van der Waals surface area (Å²) in [5.74, 6) is 2.44. The van der Waals surface area contributed by atoms with E-state index in [0.29, 0.717) is 0 Å². The maximum absolute atomic E-state index is 5.87. The van der Waals surface area contributed by atoms with Crippen molar-refractivity contribution in [3.8, 4) is 22.8 Å². The predicted molar refractivity (Wildman–Crippen MR) is 88.7 cm³/mol. The van der Waals surface area contributed by atoms with Gasteiger partial charge in [0.05, 0.1) is 0 Å². The lowest BCUT2D eigenvalue weighted by Gasteiger charge is -2.03. The molecule has 5 heteroatoms. The number of thiazole rings is 1. The van der Waals surface area contributed by atoms with Gasteiger partial charge in [-0.1, -0.05) is 18.2 Å². The Morgan fingerprint density at radius 3 is 2.77 bits per heavy atom. The highest BCUT2D eigenvalue weighted by molar-refractivity contribution is 7.14. The van der Waals surface area contributed by atoms with Gasteiger partial charge in [-0.3, -0.25) is 0 Å². The number of hydrogen-bond donors (Lipinski definition) is 1. The molecule has 0 atom stereocenters. The molecule has 0 unspecified atom stereocenters. The first-order valence-electron chi connectivity index (χ1n) is 6.93. The summed E-state index contributed by atoms with van der Waals surface area (Å²) >= 11 is 1.53. The molecule has 4 rings (SSSR count). The van der Waals surface area contributed by atoms with Crippen molar-refractivity contribution in [2.24, 2.45) is 0 Å². The molecule has 0 saturated carbocycles. The van der Waals surface area contributed by atoms with E-state index in [2.05, 4.69) is 15.3 Å². The number of aryl methyl sites for hydroxylation is 1. The molecule has 3 heterocycles. The van der Waals surface area contributed by atoms with Gasteiger partial charge >= 0.3 is 0 Å². The van der Waals surface area contributed by atoms with Crippen LogP contribution in [0.1, 0.15) is 5.69 Å². The van der Waals surface area contributed by atoms with Crippen LogP contribution in [0.4, 0.5) is 10.9 Å². The molecule has 2 aromatic heterocycles. The fourth-order valence-electron chi connectivity index (χ4n) is 2.27. The molecule has 1 N–H and O–H groups in total. The Morgan fingerprint density at radius 2 is 1.86 bits per heavy atom. The van der Waals surface area contributed by atoms with Crippen LogP contribution in [0, 0.1) is 6.92 Å². The maximum Gasteiger partial charge on any atom is 0.188 e. The second-order valence-electron chi connectivity index (χ2n) is 4.97. The van der Waals surface area contributed by atoms with Crippen LogP contribution < -0.4 is 5.32 Å². The van der Waals surface area contributed by atoms with Crippen molar-refractivity contribution in [1.82, 2.24) is 9.97 Å². The molecule has 0 amide bonds. The minimum atomic E-state index is 0.764. The molecule has 2 aromatic rings. The van der Waals surface area contributed by atoms with E-state index < -0.39 is 0 Å². The van der Waals surface area contributed by atoms with Gasteiger partial charge in [-0.2, -0.15) is 0 Å². The van der Waals surface area contributed by atoms with Gasteiger partial charge in [0.15, 0.2) is 10.9 Å². The highest BCUT2D eigenvalue weighted by atomic mass is 32.1. The predicted octanol–water partition coefficient (Wildman–Crippen LogP) is 4.95. The summed E-state index contributed by atoms with van der Waals surface area (Å²) in [5.41, 5.74) is 2.89. The van der Waals surface area contributed by atoms with Crippen LogP contribution in [0.25, 0.3) is 22.8 Å². The number of nitrogens with one attached hydrogen (secondary N) is 1. The molecule has 1 aliphatic carbocycles. The molecule has 0 radical (unpaired) electrons. The zero-order chi connectivity index (χ0) is 14.9. The number of fused-ring (bicyclic) bond motifs is 1. The summed E-state index contributed by atoms with van der Waals surface area (Å²) in [7, 11) is 0. The molecule has 0 fully saturated rings. The lowest BCUT2D eigenvalue weighted by Crippen LogP contribution is -1.93. The second kappa shape index (κ2) is 5.27. The van der Waals surface area contributed by atoms with E-state index in [-0.39, 0.29) is 0 Å². The van der Waals surface area contributed by atoms with E-state index in [1.165, 1.54) is 11.3 Å². The first-order chi connectivity index (χ1) is 10.8. The normalized spacial score (nSPS) is 11.0. The number of hydrogen-bond acceptors (Lipinski definition) is 5. The van der Waals surface area contributed by atoms with Gasteiger partial charge in [0, 0.05) is 16.6 Å². The Balaban J connectivity index is 1.62. The van der Waals surface area contributed by atoms with E-state index in [4.69, 9.17) is 4.42 Å². The van der Waals surface area contributed by atoms with E-state index in [9.17, 15) is 0 Å². The quantitative estimate of drug-likeness (QED) is 0.581. The molecule has 4 nitrogen and oxygen atoms in total. The van der Waals surface area contributed by atoms with Crippen molar-refractivity contribution >= 4 is 22.3 Å². The first kappa shape index (κ1) is 13.0. The Morgan fingerprint density at radius 1 is 0.955 bits per heavy atom. The Labute approximate surface area is 131 Å². The van der Waals surface area contributed by atoms with Gasteiger partial charge in [0.1, 0.15) is 17.3 Å². The van der Waals surface area contributed by atoms with Crippen molar-refractivity contribution in [1.29, 1.82) is 0 Å². The number of nitrogens with zero attached hydrogens (tertiary/aromatic N) is 2. The van der Waals surface area contributed by atoms with Crippen molar-refractivity contribution < 1.29 is 4.42 Å². The largest absolute Gasteiger partial charge is 0.454 e. The molecule has 2 aliphatic rings. The van der Waals surface area contributed by atoms with Crippen molar-refractivity contribution in [3.05, 3.63) is 59.6 Å². The number of rotatable bonds is 3. The number of pyridine rings is 1. The van der Waals surface area contributed by atoms with Gasteiger partial charge in [0.25, 0.3) is 0 Å². The van der Waals surface area contributed by atoms with Gasteiger partial charge in [-0.05, 0) is 37.3 Å². The first-order valence-corrected chi connectivity index (χ1v) is 7.81. The van der Waals surface area contributed by atoms with E-state index in [1.54, 1.807) is 0 Å². The Bertz CT molecular complexity index is 896. The molecular weight excluding hydrogens is 294 g/mol. The standard InChI is InChI=1S/C17H13N3OS/c1-11-4-2-7-16(18-11)20-17-19-13(10-22-17)15-9-8-12-5-3-6-14(12)21-15/h2-10H,1H3,(H,18,19,20). The van der Waals surface area contributed by atoms with Crippen molar-refractivity contribution in [2.45, 2.75) is 6.92 Å². The topological polar surface area (TPSA) is 51.0 Å². The summed E-state index contributed by atoms with van der Waals surface area (Å²) in [4.78, 5) is 8.99. The van der Waals surface area contributed by atoms with Gasteiger partial charge in [-0.15, -0.1) is 11.3 Å². The summed E-state index contributed by atoms with van der Waals surface area (Å²) in [6.45, 7) is 1.96. The summed E-state index contributed by atoms with van der Waals surface area (Å²) < 4.78 is 5.87. The zero-order valence-electron chi connectivity index (χ0n) is 11.9. The third-order valence-corrected chi connectivity index (χ3v) is 4.08. The fourth-order valence-corrected chi connectivity index (χ4v) is 2.98. The average molecular weight is 307 g/mol. The second-order valence-corrected chi connectivity index (χ2v) is 5.83. The monoisotopic (exact) mass is 307 g/mol. The lowest BCUT2D eigenvalue weighted by atomic mass is 10.2. The number of anilines is 2. The van der Waals surface area contributed by atoms with Crippen LogP contribution in [-0.4, -0.2) is 9.97 Å². The average Bonchev–Trinajstić information content (AvgIpc) is 3.15. The van der Waals surface area contributed by atoms with Crippen LogP contribution in [-0.2, 0) is 0 Å². The van der Waals surface area contributed by atoms with E-state index >= 15 is 0 Å². The lowest BCUT2D eigenvalue weighted by molar-refractivity contribution is 0.581. The minimum absolute atomic E-state index is 0.764. The summed E-state index contributed by atoms with van der Waals surface area (Å²) in [5, 5.41) is 6.00. The highest BCUT2D eigenvalue weighted by Crippen LogP contribution is 2.31. The number of aromatic nitrogens is 2. The van der Waals surface area contributed by atoms with Crippen LogP contribution in [0.15, 0.2) is 58.3 Å². The highest BCUT2D eigenvalue weighted by Gasteiger charge is 2.11. The maximum atomic E-state index is 5.87. The fraction of sp³-hybridized carbons (Fsp3) is 0.0588. The molecule has 0 bridgehead atoms. The SMILES string of the molecule is Cc1cccc(Nc2nc(-c3ccc4cccc-4o3)cs2)n1. The van der Waals surface area contributed by atoms with E-state index in [0.717, 1.165) is 39.4 Å². The van der Waals surface area contributed by atoms with Gasteiger partial charge in [0.2, 0.25) is 0 Å². The van der Waals surface area contributed by atoms with Crippen LogP contribution >= 0.6 is 11.3 Å². The molecular formula is C17H13N3OS. The van der Waals surface area contributed by atoms with Crippen LogP contribution in [0.3, 0.4) is 0 Å². The van der Waals surface area contributed by atoms with Gasteiger partial charge < -0.3 is 9.73 Å². The zero-order valence-corrected chi connectivity index (χ0v) is 12.7. The molecule has 1 aliphatic heterocycles. The molecule has 108 valence electrons. The minimum Gasteiger partial charge on any atom is -0.454 e. The third-order valence-electron chi connectivity index (χ3n) is 3.32. The molecule has 0 spiro atoms. The third kappa shape index (κ3) is 2.46. The smallest absolute Gasteiger partial charge is 0.188 e. The van der Waals surface area contributed by atoms with Crippen LogP contribution in [0.5, 0.6) is 0 Å². The molecule has 22 heavy (non-hydrogen) atoms. The Kier molecular flexibility index (Phi) is 3.12. The molecule has 0 aromatic carbocycles. The van der Waals surface area contributed by atoms with Gasteiger partial charge in [-0.25, -0.2) is 9.97 Å². The van der Waals surface area contributed by atoms with Crippen molar-refractivity contribution in [2.75, 3.05) is 5.32 Å². The summed E-state index contributed by atoms with van der Waals surface area (Å²) in [6, 6.07) is 15.8. The molecule has 0 saturated heterocycles. The van der Waals surface area contributed by atoms with Crippen LogP contribution in [0.2, 0.25) is 0 Å².